The van der Waals surface area contributed by atoms with Gasteiger partial charge >= 0.3 is 6.09 Å². The summed E-state index contributed by atoms with van der Waals surface area (Å²) in [6, 6.07) is 4.11. The van der Waals surface area contributed by atoms with Gasteiger partial charge in [-0.1, -0.05) is 24.6 Å². The molecule has 0 saturated carbocycles. The van der Waals surface area contributed by atoms with Gasteiger partial charge in [-0.05, 0) is 75.6 Å². The fraction of sp³-hybridized carbons (Fsp3) is 0.636. The van der Waals surface area contributed by atoms with Crippen LogP contribution in [0.3, 0.4) is 0 Å². The van der Waals surface area contributed by atoms with E-state index < -0.39 is 5.60 Å². The number of nitrogens with zero attached hydrogens (tertiary/aromatic N) is 1. The number of likely N-dealkylation sites (tertiary alicyclic amines) is 1. The molecule has 1 saturated heterocycles. The van der Waals surface area contributed by atoms with E-state index in [2.05, 4.69) is 18.3 Å². The molecule has 156 valence electrons. The molecular formula is C22H33ClN2O3. The highest BCUT2D eigenvalue weighted by atomic mass is 35.5. The van der Waals surface area contributed by atoms with Gasteiger partial charge in [0.15, 0.2) is 0 Å². The molecule has 1 heterocycles. The Labute approximate surface area is 173 Å². The van der Waals surface area contributed by atoms with Crippen molar-refractivity contribution in [2.45, 2.75) is 78.4 Å². The number of hydrogen-bond donors (Lipinski definition) is 1. The molecule has 0 bridgehead atoms. The predicted molar refractivity (Wildman–Crippen MR) is 113 cm³/mol. The van der Waals surface area contributed by atoms with Crippen LogP contribution in [0.25, 0.3) is 0 Å². The Bertz CT molecular complexity index is 719. The number of ether oxygens (including phenoxy) is 1. The van der Waals surface area contributed by atoms with Crippen molar-refractivity contribution >= 4 is 23.6 Å². The second-order valence-electron chi connectivity index (χ2n) is 8.63. The number of hydrogen-bond acceptors (Lipinski definition) is 3. The van der Waals surface area contributed by atoms with Gasteiger partial charge in [-0.2, -0.15) is 0 Å². The molecule has 28 heavy (non-hydrogen) atoms. The molecule has 1 N–H and O–H groups in total. The molecular weight excluding hydrogens is 376 g/mol. The zero-order chi connectivity index (χ0) is 21.1. The second-order valence-corrected chi connectivity index (χ2v) is 9.04. The Morgan fingerprint density at radius 1 is 1.29 bits per heavy atom. The summed E-state index contributed by atoms with van der Waals surface area (Å²) in [5, 5.41) is 3.80. The van der Waals surface area contributed by atoms with E-state index in [1.165, 1.54) is 5.56 Å². The zero-order valence-electron chi connectivity index (χ0n) is 17.9. The van der Waals surface area contributed by atoms with Gasteiger partial charge in [0.2, 0.25) is 5.91 Å². The third-order valence-electron chi connectivity index (χ3n) is 5.11. The van der Waals surface area contributed by atoms with Gasteiger partial charge in [0.05, 0.1) is 6.04 Å². The largest absolute Gasteiger partial charge is 0.444 e. The third-order valence-corrected chi connectivity index (χ3v) is 5.52. The average molecular weight is 409 g/mol. The molecule has 5 nitrogen and oxygen atoms in total. The van der Waals surface area contributed by atoms with E-state index in [4.69, 9.17) is 16.3 Å². The number of amides is 2. The minimum absolute atomic E-state index is 0.0349. The molecule has 0 aliphatic carbocycles. The highest BCUT2D eigenvalue weighted by Gasteiger charge is 2.29. The first-order chi connectivity index (χ1) is 13.0. The maximum Gasteiger partial charge on any atom is 0.410 e. The van der Waals surface area contributed by atoms with Gasteiger partial charge in [0.25, 0.3) is 0 Å². The lowest BCUT2D eigenvalue weighted by Crippen LogP contribution is -2.41. The highest BCUT2D eigenvalue weighted by molar-refractivity contribution is 6.31. The first-order valence-electron chi connectivity index (χ1n) is 10.1. The van der Waals surface area contributed by atoms with Crippen LogP contribution < -0.4 is 5.32 Å². The van der Waals surface area contributed by atoms with Crippen LogP contribution in [-0.4, -0.2) is 35.6 Å². The smallest absolute Gasteiger partial charge is 0.410 e. The Balaban J connectivity index is 2.20. The third kappa shape index (κ3) is 5.87. The second kappa shape index (κ2) is 9.17. The monoisotopic (exact) mass is 408 g/mol. The first kappa shape index (κ1) is 22.5. The lowest BCUT2D eigenvalue weighted by molar-refractivity contribution is -0.119. The summed E-state index contributed by atoms with van der Waals surface area (Å²) in [6.45, 7) is 12.6. The predicted octanol–water partition coefficient (Wildman–Crippen LogP) is 5.35. The number of halogens is 1. The summed E-state index contributed by atoms with van der Waals surface area (Å²) >= 11 is 6.44. The summed E-state index contributed by atoms with van der Waals surface area (Å²) in [7, 11) is 0. The van der Waals surface area contributed by atoms with E-state index in [9.17, 15) is 9.59 Å². The van der Waals surface area contributed by atoms with Crippen molar-refractivity contribution in [2.24, 2.45) is 0 Å². The van der Waals surface area contributed by atoms with Crippen molar-refractivity contribution in [2.75, 3.05) is 13.1 Å². The van der Waals surface area contributed by atoms with Crippen LogP contribution in [0.1, 0.15) is 82.5 Å². The Morgan fingerprint density at radius 2 is 1.89 bits per heavy atom. The van der Waals surface area contributed by atoms with Gasteiger partial charge in [-0.15, -0.1) is 0 Å². The van der Waals surface area contributed by atoms with E-state index in [-0.39, 0.29) is 18.0 Å². The molecule has 0 unspecified atom stereocenters. The maximum absolute atomic E-state index is 12.3. The maximum atomic E-state index is 12.3. The summed E-state index contributed by atoms with van der Waals surface area (Å²) < 4.78 is 5.49. The molecule has 1 atom stereocenters. The van der Waals surface area contributed by atoms with Gasteiger partial charge in [0, 0.05) is 25.0 Å². The average Bonchev–Trinajstić information content (AvgIpc) is 2.60. The van der Waals surface area contributed by atoms with Crippen molar-refractivity contribution < 1.29 is 14.3 Å². The molecule has 0 aromatic heterocycles. The number of aryl methyl sites for hydroxylation is 1. The molecule has 0 radical (unpaired) electrons. The molecule has 1 aliphatic rings. The van der Waals surface area contributed by atoms with Crippen LogP contribution >= 0.6 is 11.6 Å². The lowest BCUT2D eigenvalue weighted by Gasteiger charge is -2.35. The quantitative estimate of drug-likeness (QED) is 0.730. The van der Waals surface area contributed by atoms with Crippen molar-refractivity contribution in [1.29, 1.82) is 0 Å². The molecule has 1 aromatic rings. The molecule has 1 fully saturated rings. The Kier molecular flexibility index (Phi) is 7.38. The van der Waals surface area contributed by atoms with Gasteiger partial charge < -0.3 is 15.0 Å². The number of carbonyl (C=O) groups is 2. The van der Waals surface area contributed by atoms with E-state index in [0.29, 0.717) is 19.0 Å². The fourth-order valence-corrected chi connectivity index (χ4v) is 3.89. The van der Waals surface area contributed by atoms with Gasteiger partial charge in [0.1, 0.15) is 5.60 Å². The first-order valence-corrected chi connectivity index (χ1v) is 10.4. The number of piperidine rings is 1. The molecule has 2 rings (SSSR count). The topological polar surface area (TPSA) is 58.6 Å². The minimum Gasteiger partial charge on any atom is -0.444 e. The van der Waals surface area contributed by atoms with E-state index in [0.717, 1.165) is 35.4 Å². The van der Waals surface area contributed by atoms with Crippen LogP contribution in [0.15, 0.2) is 12.1 Å². The van der Waals surface area contributed by atoms with Crippen LogP contribution in [-0.2, 0) is 9.53 Å². The Hall–Kier alpha value is -1.75. The number of benzene rings is 1. The summed E-state index contributed by atoms with van der Waals surface area (Å²) in [4.78, 5) is 25.8. The van der Waals surface area contributed by atoms with E-state index >= 15 is 0 Å². The minimum atomic E-state index is -0.488. The lowest BCUT2D eigenvalue weighted by atomic mass is 9.83. The van der Waals surface area contributed by atoms with Crippen LogP contribution in [0.4, 0.5) is 4.79 Å². The number of carbonyl (C=O) groups excluding carboxylic acids is 2. The van der Waals surface area contributed by atoms with E-state index in [1.54, 1.807) is 11.8 Å². The summed E-state index contributed by atoms with van der Waals surface area (Å²) in [5.74, 6) is 0.264. The van der Waals surface area contributed by atoms with E-state index in [1.807, 2.05) is 33.8 Å². The summed E-state index contributed by atoms with van der Waals surface area (Å²) in [5.41, 5.74) is 2.84. The Morgan fingerprint density at radius 3 is 2.39 bits per heavy atom. The molecule has 1 aromatic carbocycles. The molecule has 6 heteroatoms. The highest BCUT2D eigenvalue weighted by Crippen LogP contribution is 2.37. The standard InChI is InChI=1S/C22H33ClN2O3/c1-7-20(24-15(3)26)18-12-14(2)19(23)13-17(18)16-8-10-25(11-9-16)21(27)28-22(4,5)6/h12-13,16,20H,7-11H2,1-6H3,(H,24,26)/t20-/m0/s1. The zero-order valence-corrected chi connectivity index (χ0v) is 18.7. The normalized spacial score (nSPS) is 16.6. The van der Waals surface area contributed by atoms with Crippen LogP contribution in [0.2, 0.25) is 5.02 Å². The van der Waals surface area contributed by atoms with Crippen LogP contribution in [0, 0.1) is 6.92 Å². The van der Waals surface area contributed by atoms with Crippen molar-refractivity contribution in [3.8, 4) is 0 Å². The number of rotatable bonds is 4. The molecule has 2 amide bonds. The van der Waals surface area contributed by atoms with Crippen LogP contribution in [0.5, 0.6) is 0 Å². The fourth-order valence-electron chi connectivity index (χ4n) is 3.72. The van der Waals surface area contributed by atoms with Gasteiger partial charge in [-0.25, -0.2) is 4.79 Å². The molecule has 1 aliphatic heterocycles. The summed E-state index contributed by atoms with van der Waals surface area (Å²) in [6.07, 6.45) is 2.26. The SMILES string of the molecule is CC[C@H](NC(C)=O)c1cc(C)c(Cl)cc1C1CCN(C(=O)OC(C)(C)C)CC1. The van der Waals surface area contributed by atoms with Gasteiger partial charge in [-0.3, -0.25) is 4.79 Å². The van der Waals surface area contributed by atoms with Crippen molar-refractivity contribution in [3.05, 3.63) is 33.8 Å². The van der Waals surface area contributed by atoms with Crippen molar-refractivity contribution in [1.82, 2.24) is 10.2 Å². The molecule has 0 spiro atoms. The van der Waals surface area contributed by atoms with Crippen molar-refractivity contribution in [3.63, 3.8) is 0 Å². The number of nitrogens with one attached hydrogen (secondary N) is 1.